The second-order valence-corrected chi connectivity index (χ2v) is 2.97. The number of aromatic nitrogens is 3. The molecule has 4 nitrogen and oxygen atoms in total. The highest BCUT2D eigenvalue weighted by Gasteiger charge is 2.15. The molecule has 0 saturated heterocycles. The first-order valence-corrected chi connectivity index (χ1v) is 4.48. The van der Waals surface area contributed by atoms with Gasteiger partial charge >= 0.3 is 0 Å². The summed E-state index contributed by atoms with van der Waals surface area (Å²) in [6, 6.07) is 11.6. The summed E-state index contributed by atoms with van der Waals surface area (Å²) < 4.78 is 0. The zero-order chi connectivity index (χ0) is 10.5. The summed E-state index contributed by atoms with van der Waals surface area (Å²) in [7, 11) is 0. The summed E-state index contributed by atoms with van der Waals surface area (Å²) in [5, 5.41) is 9.08. The van der Waals surface area contributed by atoms with Crippen molar-refractivity contribution >= 4 is 0 Å². The average molecular weight is 196 g/mol. The lowest BCUT2D eigenvalue weighted by Gasteiger charge is -2.06. The minimum Gasteiger partial charge on any atom is -0.225 e. The van der Waals surface area contributed by atoms with Crippen molar-refractivity contribution < 1.29 is 0 Å². The van der Waals surface area contributed by atoms with E-state index in [9.17, 15) is 0 Å². The van der Waals surface area contributed by atoms with Gasteiger partial charge in [-0.2, -0.15) is 5.26 Å². The third-order valence-electron chi connectivity index (χ3n) is 2.03. The minimum absolute atomic E-state index is 0.422. The normalized spacial score (nSPS) is 11.7. The highest BCUT2D eigenvalue weighted by Crippen LogP contribution is 2.19. The van der Waals surface area contributed by atoms with Gasteiger partial charge < -0.3 is 0 Å². The molecule has 1 aromatic carbocycles. The zero-order valence-electron chi connectivity index (χ0n) is 7.91. The van der Waals surface area contributed by atoms with Crippen LogP contribution >= 0.6 is 0 Å². The van der Waals surface area contributed by atoms with Crippen molar-refractivity contribution in [2.45, 2.75) is 5.92 Å². The van der Waals surface area contributed by atoms with Crippen LogP contribution in [0.25, 0.3) is 0 Å². The lowest BCUT2D eigenvalue weighted by Crippen LogP contribution is -2.03. The van der Waals surface area contributed by atoms with E-state index in [0.717, 1.165) is 5.56 Å². The van der Waals surface area contributed by atoms with E-state index in [1.54, 1.807) is 0 Å². The quantitative estimate of drug-likeness (QED) is 0.730. The molecule has 0 aliphatic heterocycles. The second-order valence-electron chi connectivity index (χ2n) is 2.97. The molecule has 1 atom stereocenters. The Hall–Kier alpha value is -2.28. The van der Waals surface area contributed by atoms with E-state index in [4.69, 9.17) is 5.26 Å². The first-order valence-electron chi connectivity index (χ1n) is 4.48. The van der Waals surface area contributed by atoms with Crippen LogP contribution in [0.1, 0.15) is 17.3 Å². The molecule has 1 heterocycles. The van der Waals surface area contributed by atoms with Crippen LogP contribution in [-0.4, -0.2) is 15.0 Å². The maximum Gasteiger partial charge on any atom is 0.153 e. The predicted octanol–water partition coefficient (Wildman–Crippen LogP) is 1.53. The zero-order valence-corrected chi connectivity index (χ0v) is 7.91. The van der Waals surface area contributed by atoms with Crippen molar-refractivity contribution in [2.24, 2.45) is 0 Å². The summed E-state index contributed by atoms with van der Waals surface area (Å²) in [5.74, 6) is 0.0629. The van der Waals surface area contributed by atoms with Crippen LogP contribution < -0.4 is 0 Å². The van der Waals surface area contributed by atoms with E-state index in [1.807, 2.05) is 30.3 Å². The van der Waals surface area contributed by atoms with Crippen LogP contribution in [0.2, 0.25) is 0 Å². The molecule has 0 fully saturated rings. The molecule has 1 unspecified atom stereocenters. The third kappa shape index (κ3) is 1.97. The fraction of sp³-hybridized carbons (Fsp3) is 0.0909. The van der Waals surface area contributed by atoms with Crippen molar-refractivity contribution in [3.05, 3.63) is 54.4 Å². The molecule has 15 heavy (non-hydrogen) atoms. The molecule has 0 spiro atoms. The van der Waals surface area contributed by atoms with Crippen LogP contribution in [0.15, 0.2) is 43.0 Å². The van der Waals surface area contributed by atoms with Gasteiger partial charge in [0.1, 0.15) is 18.6 Å². The molecule has 0 bridgehead atoms. The largest absolute Gasteiger partial charge is 0.225 e. The number of hydrogen-bond acceptors (Lipinski definition) is 4. The van der Waals surface area contributed by atoms with Crippen LogP contribution in [0.4, 0.5) is 0 Å². The van der Waals surface area contributed by atoms with Crippen LogP contribution in [0, 0.1) is 11.3 Å². The average Bonchev–Trinajstić information content (AvgIpc) is 2.33. The van der Waals surface area contributed by atoms with Crippen LogP contribution in [-0.2, 0) is 0 Å². The van der Waals surface area contributed by atoms with Crippen LogP contribution in [0.5, 0.6) is 0 Å². The smallest absolute Gasteiger partial charge is 0.153 e. The van der Waals surface area contributed by atoms with E-state index in [2.05, 4.69) is 21.0 Å². The van der Waals surface area contributed by atoms with Crippen molar-refractivity contribution in [3.8, 4) is 6.07 Å². The van der Waals surface area contributed by atoms with Crippen molar-refractivity contribution in [1.82, 2.24) is 15.0 Å². The Morgan fingerprint density at radius 3 is 2.33 bits per heavy atom. The Morgan fingerprint density at radius 1 is 1.07 bits per heavy atom. The molecule has 0 amide bonds. The number of benzene rings is 1. The summed E-state index contributed by atoms with van der Waals surface area (Å²) in [6.07, 6.45) is 2.80. The molecule has 2 rings (SSSR count). The molecule has 1 aromatic heterocycles. The molecule has 72 valence electrons. The van der Waals surface area contributed by atoms with Gasteiger partial charge in [-0.15, -0.1) is 0 Å². The summed E-state index contributed by atoms with van der Waals surface area (Å²) in [6.45, 7) is 0. The molecule has 0 aliphatic carbocycles. The van der Waals surface area contributed by atoms with E-state index < -0.39 is 5.92 Å². The van der Waals surface area contributed by atoms with Crippen molar-refractivity contribution in [2.75, 3.05) is 0 Å². The minimum atomic E-state index is -0.422. The van der Waals surface area contributed by atoms with Gasteiger partial charge in [-0.05, 0) is 5.56 Å². The first kappa shape index (κ1) is 9.28. The van der Waals surface area contributed by atoms with E-state index >= 15 is 0 Å². The van der Waals surface area contributed by atoms with Gasteiger partial charge in [0.2, 0.25) is 0 Å². The Morgan fingerprint density at radius 2 is 1.73 bits per heavy atom. The first-order chi connectivity index (χ1) is 7.42. The van der Waals surface area contributed by atoms with Gasteiger partial charge in [0, 0.05) is 0 Å². The van der Waals surface area contributed by atoms with Crippen molar-refractivity contribution in [1.29, 1.82) is 5.26 Å². The maximum atomic E-state index is 9.08. The third-order valence-corrected chi connectivity index (χ3v) is 2.03. The van der Waals surface area contributed by atoms with Crippen LogP contribution in [0.3, 0.4) is 0 Å². The monoisotopic (exact) mass is 196 g/mol. The van der Waals surface area contributed by atoms with E-state index in [-0.39, 0.29) is 0 Å². The number of rotatable bonds is 2. The molecule has 4 heteroatoms. The lowest BCUT2D eigenvalue weighted by atomic mass is 10.0. The van der Waals surface area contributed by atoms with E-state index in [1.165, 1.54) is 12.7 Å². The summed E-state index contributed by atoms with van der Waals surface area (Å²) >= 11 is 0. The van der Waals surface area contributed by atoms with Gasteiger partial charge in [0.05, 0.1) is 6.07 Å². The van der Waals surface area contributed by atoms with Gasteiger partial charge in [0.25, 0.3) is 0 Å². The van der Waals surface area contributed by atoms with Gasteiger partial charge in [-0.3, -0.25) is 0 Å². The van der Waals surface area contributed by atoms with E-state index in [0.29, 0.717) is 5.82 Å². The topological polar surface area (TPSA) is 62.5 Å². The molecule has 0 N–H and O–H groups in total. The number of nitrogens with zero attached hydrogens (tertiary/aromatic N) is 4. The van der Waals surface area contributed by atoms with Gasteiger partial charge in [-0.25, -0.2) is 15.0 Å². The summed E-state index contributed by atoms with van der Waals surface area (Å²) in [4.78, 5) is 11.7. The van der Waals surface area contributed by atoms with Crippen molar-refractivity contribution in [3.63, 3.8) is 0 Å². The highest BCUT2D eigenvalue weighted by atomic mass is 15.0. The molecule has 2 aromatic rings. The number of hydrogen-bond donors (Lipinski definition) is 0. The second kappa shape index (κ2) is 4.29. The SMILES string of the molecule is N#CC(c1ccccc1)c1ncncn1. The molecular weight excluding hydrogens is 188 g/mol. The fourth-order valence-electron chi connectivity index (χ4n) is 1.32. The molecular formula is C11H8N4. The molecule has 0 radical (unpaired) electrons. The maximum absolute atomic E-state index is 9.08. The molecule has 0 saturated carbocycles. The fourth-order valence-corrected chi connectivity index (χ4v) is 1.32. The summed E-state index contributed by atoms with van der Waals surface area (Å²) in [5.41, 5.74) is 0.895. The number of nitriles is 1. The Kier molecular flexibility index (Phi) is 2.65. The standard InChI is InChI=1S/C11H8N4/c12-6-10(9-4-2-1-3-5-9)11-14-7-13-8-15-11/h1-5,7-8,10H. The molecule has 0 aliphatic rings. The van der Waals surface area contributed by atoms with Gasteiger partial charge in [-0.1, -0.05) is 30.3 Å². The predicted molar refractivity (Wildman–Crippen MR) is 53.7 cm³/mol. The Bertz CT molecular complexity index is 421. The Labute approximate surface area is 87.3 Å². The highest BCUT2D eigenvalue weighted by molar-refractivity contribution is 5.30. The lowest BCUT2D eigenvalue weighted by molar-refractivity contribution is 0.859. The Balaban J connectivity index is 2.39. The van der Waals surface area contributed by atoms with Gasteiger partial charge in [0.15, 0.2) is 5.82 Å².